The number of rotatable bonds is 5. The maximum atomic E-state index is 12.0. The maximum Gasteiger partial charge on any atom is 0.320 e. The molecule has 2 amide bonds. The van der Waals surface area contributed by atoms with E-state index in [0.29, 0.717) is 12.4 Å². The molecule has 1 aromatic heterocycles. The Bertz CT molecular complexity index is 844. The summed E-state index contributed by atoms with van der Waals surface area (Å²) < 4.78 is 2.80. The molecule has 2 aromatic carbocycles. The molecular weight excluding hydrogens is 380 g/mol. The first-order valence-corrected chi connectivity index (χ1v) is 8.80. The molecule has 3 aromatic rings. The van der Waals surface area contributed by atoms with Gasteiger partial charge in [0.1, 0.15) is 0 Å². The Morgan fingerprint density at radius 2 is 1.84 bits per heavy atom. The van der Waals surface area contributed by atoms with Crippen molar-refractivity contribution >= 4 is 27.8 Å². The Labute approximate surface area is 155 Å². The second kappa shape index (κ2) is 7.98. The smallest absolute Gasteiger partial charge is 0.320 e. The van der Waals surface area contributed by atoms with Crippen molar-refractivity contribution < 1.29 is 4.79 Å². The number of nitrogens with zero attached hydrogens (tertiary/aromatic N) is 2. The van der Waals surface area contributed by atoms with E-state index in [1.165, 1.54) is 5.56 Å². The van der Waals surface area contributed by atoms with Gasteiger partial charge in [0.15, 0.2) is 5.82 Å². The van der Waals surface area contributed by atoms with Gasteiger partial charge in [0.2, 0.25) is 0 Å². The van der Waals surface area contributed by atoms with Gasteiger partial charge in [-0.15, -0.1) is 0 Å². The Kier molecular flexibility index (Phi) is 5.50. The van der Waals surface area contributed by atoms with Crippen molar-refractivity contribution in [3.8, 4) is 11.3 Å². The van der Waals surface area contributed by atoms with Crippen molar-refractivity contribution in [1.82, 2.24) is 15.1 Å². The van der Waals surface area contributed by atoms with Gasteiger partial charge in [-0.3, -0.25) is 10.00 Å². The molecule has 0 fully saturated rings. The minimum absolute atomic E-state index is 0.255. The number of hydrogen-bond donors (Lipinski definition) is 2. The summed E-state index contributed by atoms with van der Waals surface area (Å²) in [6.07, 6.45) is 0.776. The summed E-state index contributed by atoms with van der Waals surface area (Å²) in [5.74, 6) is 0.530. The average molecular weight is 399 g/mol. The first-order chi connectivity index (χ1) is 12.1. The number of hydrogen-bond acceptors (Lipinski definition) is 2. The van der Waals surface area contributed by atoms with E-state index < -0.39 is 0 Å². The summed E-state index contributed by atoms with van der Waals surface area (Å²) in [5.41, 5.74) is 3.18. The Balaban J connectivity index is 1.54. The van der Waals surface area contributed by atoms with Crippen molar-refractivity contribution in [1.29, 1.82) is 0 Å². The highest BCUT2D eigenvalue weighted by Crippen LogP contribution is 2.21. The van der Waals surface area contributed by atoms with Crippen LogP contribution in [0.2, 0.25) is 0 Å². The Morgan fingerprint density at radius 1 is 1.12 bits per heavy atom. The molecule has 0 saturated heterocycles. The topological polar surface area (TPSA) is 59.0 Å². The van der Waals surface area contributed by atoms with Crippen LogP contribution in [0.15, 0.2) is 65.1 Å². The van der Waals surface area contributed by atoms with Crippen molar-refractivity contribution in [3.05, 3.63) is 70.7 Å². The standard InChI is InChI=1S/C19H19BrN4O/c1-24-17(15-5-3-2-4-6-15)13-18(23-24)22-19(25)21-12-11-14-7-9-16(20)10-8-14/h2-10,13H,11-12H2,1H3,(H2,21,22,23,25). The molecule has 1 heterocycles. The van der Waals surface area contributed by atoms with E-state index in [9.17, 15) is 4.79 Å². The Morgan fingerprint density at radius 3 is 2.56 bits per heavy atom. The summed E-state index contributed by atoms with van der Waals surface area (Å²) in [6, 6.07) is 19.6. The molecule has 3 rings (SSSR count). The van der Waals surface area contributed by atoms with Crippen LogP contribution in [-0.4, -0.2) is 22.4 Å². The molecule has 0 radical (unpaired) electrons. The number of benzene rings is 2. The number of amides is 2. The fourth-order valence-electron chi connectivity index (χ4n) is 2.54. The molecule has 0 unspecified atom stereocenters. The van der Waals surface area contributed by atoms with E-state index in [2.05, 4.69) is 31.7 Å². The molecule has 0 aliphatic rings. The van der Waals surface area contributed by atoms with Gasteiger partial charge < -0.3 is 5.32 Å². The highest BCUT2D eigenvalue weighted by Gasteiger charge is 2.09. The van der Waals surface area contributed by atoms with Crippen LogP contribution in [0.1, 0.15) is 5.56 Å². The van der Waals surface area contributed by atoms with Gasteiger partial charge in [-0.25, -0.2) is 4.79 Å². The lowest BCUT2D eigenvalue weighted by Gasteiger charge is -2.05. The minimum Gasteiger partial charge on any atom is -0.337 e. The predicted molar refractivity (Wildman–Crippen MR) is 104 cm³/mol. The normalized spacial score (nSPS) is 10.5. The maximum absolute atomic E-state index is 12.0. The zero-order chi connectivity index (χ0) is 17.6. The van der Waals surface area contributed by atoms with Crippen LogP contribution in [0.4, 0.5) is 10.6 Å². The molecule has 0 saturated carbocycles. The van der Waals surface area contributed by atoms with E-state index in [-0.39, 0.29) is 6.03 Å². The van der Waals surface area contributed by atoms with Crippen LogP contribution < -0.4 is 10.6 Å². The van der Waals surface area contributed by atoms with Crippen molar-refractivity contribution in [2.24, 2.45) is 7.05 Å². The van der Waals surface area contributed by atoms with Gasteiger partial charge in [-0.2, -0.15) is 5.10 Å². The van der Waals surface area contributed by atoms with Gasteiger partial charge in [-0.1, -0.05) is 58.4 Å². The third-order valence-electron chi connectivity index (χ3n) is 3.80. The fraction of sp³-hybridized carbons (Fsp3) is 0.158. The van der Waals surface area contributed by atoms with Gasteiger partial charge in [0, 0.05) is 24.1 Å². The highest BCUT2D eigenvalue weighted by atomic mass is 79.9. The minimum atomic E-state index is -0.255. The lowest BCUT2D eigenvalue weighted by atomic mass is 10.1. The molecule has 0 spiro atoms. The molecule has 0 aliphatic heterocycles. The van der Waals surface area contributed by atoms with Gasteiger partial charge in [0.25, 0.3) is 0 Å². The number of aryl methyl sites for hydroxylation is 1. The van der Waals surface area contributed by atoms with Gasteiger partial charge in [-0.05, 0) is 29.7 Å². The number of anilines is 1. The van der Waals surface area contributed by atoms with E-state index in [1.54, 1.807) is 4.68 Å². The van der Waals surface area contributed by atoms with Gasteiger partial charge in [0.05, 0.1) is 5.69 Å². The van der Waals surface area contributed by atoms with Crippen molar-refractivity contribution in [2.45, 2.75) is 6.42 Å². The summed E-state index contributed by atoms with van der Waals surface area (Å²) in [7, 11) is 1.86. The van der Waals surface area contributed by atoms with Crippen molar-refractivity contribution in [3.63, 3.8) is 0 Å². The predicted octanol–water partition coefficient (Wildman–Crippen LogP) is 4.21. The zero-order valence-electron chi connectivity index (χ0n) is 13.9. The number of carbonyl (C=O) groups is 1. The fourth-order valence-corrected chi connectivity index (χ4v) is 2.80. The molecule has 0 bridgehead atoms. The molecule has 128 valence electrons. The van der Waals surface area contributed by atoms with E-state index >= 15 is 0 Å². The monoisotopic (exact) mass is 398 g/mol. The molecule has 0 atom stereocenters. The first kappa shape index (κ1) is 17.2. The van der Waals surface area contributed by atoms with Crippen molar-refractivity contribution in [2.75, 3.05) is 11.9 Å². The largest absolute Gasteiger partial charge is 0.337 e. The van der Waals surface area contributed by atoms with Crippen LogP contribution >= 0.6 is 15.9 Å². The molecule has 5 nitrogen and oxygen atoms in total. The molecule has 0 aliphatic carbocycles. The van der Waals surface area contributed by atoms with Gasteiger partial charge >= 0.3 is 6.03 Å². The number of carbonyl (C=O) groups excluding carboxylic acids is 1. The molecule has 2 N–H and O–H groups in total. The summed E-state index contributed by atoms with van der Waals surface area (Å²) >= 11 is 3.41. The van der Waals surface area contributed by atoms with Crippen LogP contribution in [0, 0.1) is 0 Å². The first-order valence-electron chi connectivity index (χ1n) is 8.00. The SMILES string of the molecule is Cn1nc(NC(=O)NCCc2ccc(Br)cc2)cc1-c1ccccc1. The molecule has 6 heteroatoms. The summed E-state index contributed by atoms with van der Waals surface area (Å²) in [5, 5.41) is 9.97. The summed E-state index contributed by atoms with van der Waals surface area (Å²) in [6.45, 7) is 0.561. The van der Waals surface area contributed by atoms with E-state index in [1.807, 2.05) is 67.7 Å². The number of nitrogens with one attached hydrogen (secondary N) is 2. The quantitative estimate of drug-likeness (QED) is 0.675. The number of halogens is 1. The lowest BCUT2D eigenvalue weighted by molar-refractivity contribution is 0.252. The zero-order valence-corrected chi connectivity index (χ0v) is 15.5. The second-order valence-electron chi connectivity index (χ2n) is 5.66. The van der Waals surface area contributed by atoms with E-state index in [4.69, 9.17) is 0 Å². The van der Waals surface area contributed by atoms with E-state index in [0.717, 1.165) is 22.2 Å². The Hall–Kier alpha value is -2.60. The van der Waals surface area contributed by atoms with Crippen LogP contribution in [-0.2, 0) is 13.5 Å². The van der Waals surface area contributed by atoms with Crippen LogP contribution in [0.25, 0.3) is 11.3 Å². The number of urea groups is 1. The second-order valence-corrected chi connectivity index (χ2v) is 6.58. The lowest BCUT2D eigenvalue weighted by Crippen LogP contribution is -2.30. The van der Waals surface area contributed by atoms with Crippen LogP contribution in [0.5, 0.6) is 0 Å². The molecule has 25 heavy (non-hydrogen) atoms. The third-order valence-corrected chi connectivity index (χ3v) is 4.33. The number of aromatic nitrogens is 2. The average Bonchev–Trinajstić information content (AvgIpc) is 2.97. The third kappa shape index (κ3) is 4.70. The highest BCUT2D eigenvalue weighted by molar-refractivity contribution is 9.10. The molecular formula is C19H19BrN4O. The van der Waals surface area contributed by atoms with Crippen LogP contribution in [0.3, 0.4) is 0 Å². The summed E-state index contributed by atoms with van der Waals surface area (Å²) in [4.78, 5) is 12.0.